The summed E-state index contributed by atoms with van der Waals surface area (Å²) >= 11 is 0. The monoisotopic (exact) mass is 480 g/mol. The molecule has 2 N–H and O–H groups in total. The minimum Gasteiger partial charge on any atom is -0.399 e. The number of amides is 1. The molecule has 5 rings (SSSR count). The van der Waals surface area contributed by atoms with Crippen LogP contribution >= 0.6 is 0 Å². The Bertz CT molecular complexity index is 892. The molecule has 0 aromatic carbocycles. The third kappa shape index (κ3) is 3.08. The minimum absolute atomic E-state index is 0.0264. The smallest absolute Gasteiger partial charge is 0.223 e. The fourth-order valence-corrected chi connectivity index (χ4v) is 9.84. The van der Waals surface area contributed by atoms with E-state index in [1.54, 1.807) is 13.4 Å². The third-order valence-corrected chi connectivity index (χ3v) is 11.8. The first-order valence-corrected chi connectivity index (χ1v) is 14.2. The lowest BCUT2D eigenvalue weighted by Gasteiger charge is -2.70. The van der Waals surface area contributed by atoms with Crippen LogP contribution in [0, 0.1) is 40.4 Å². The highest BCUT2D eigenvalue weighted by molar-refractivity contribution is 7.85. The summed E-state index contributed by atoms with van der Waals surface area (Å²) in [5.41, 5.74) is -0.0987. The summed E-state index contributed by atoms with van der Waals surface area (Å²) in [7, 11) is 0.432. The first-order valence-electron chi connectivity index (χ1n) is 12.5. The van der Waals surface area contributed by atoms with Gasteiger partial charge in [-0.3, -0.25) is 9.00 Å². The molecule has 3 aliphatic carbocycles. The second-order valence-electron chi connectivity index (χ2n) is 12.2. The van der Waals surface area contributed by atoms with E-state index in [-0.39, 0.29) is 51.8 Å². The van der Waals surface area contributed by atoms with Crippen molar-refractivity contribution in [3.05, 3.63) is 0 Å². The molecule has 2 heterocycles. The number of oxime groups is 1. The van der Waals surface area contributed by atoms with Crippen molar-refractivity contribution in [2.75, 3.05) is 19.9 Å². The highest BCUT2D eigenvalue weighted by Gasteiger charge is 2.71. The van der Waals surface area contributed by atoms with Gasteiger partial charge in [0.1, 0.15) is 7.11 Å². The van der Waals surface area contributed by atoms with E-state index in [0.717, 1.165) is 25.0 Å². The molecule has 0 bridgehead atoms. The number of ether oxygens (including phenoxy) is 1. The van der Waals surface area contributed by atoms with Crippen LogP contribution in [-0.4, -0.2) is 63.9 Å². The number of hydrogen-bond donors (Lipinski definition) is 2. The Kier molecular flexibility index (Phi) is 5.58. The summed E-state index contributed by atoms with van der Waals surface area (Å²) in [5.74, 6) is 0.601. The maximum atomic E-state index is 13.1. The second kappa shape index (κ2) is 7.76. The summed E-state index contributed by atoms with van der Waals surface area (Å²) in [6.07, 6.45) is 5.23. The van der Waals surface area contributed by atoms with Gasteiger partial charge in [-0.25, -0.2) is 0 Å². The standard InChI is InChI=1S/C25H40N2O5S/c1-13-7-8-19-23(2,3)21(27-31-5)18(33(6)30)11-25(19)24(13,4)10-15-17(28)9-14-16(20(15)32-25)12-26-22(14)29/h13-20,28H,7-12H2,1-6H3,(H,26,29). The van der Waals surface area contributed by atoms with Crippen molar-refractivity contribution in [1.82, 2.24) is 5.32 Å². The largest absolute Gasteiger partial charge is 0.399 e. The minimum atomic E-state index is -1.13. The number of carbonyl (C=O) groups excluding carboxylic acids is 1. The van der Waals surface area contributed by atoms with Gasteiger partial charge in [0, 0.05) is 46.8 Å². The van der Waals surface area contributed by atoms with E-state index >= 15 is 0 Å². The molecule has 33 heavy (non-hydrogen) atoms. The van der Waals surface area contributed by atoms with Crippen LogP contribution in [0.4, 0.5) is 0 Å². The molecule has 1 amide bonds. The number of carbonyl (C=O) groups is 1. The van der Waals surface area contributed by atoms with Crippen LogP contribution in [0.5, 0.6) is 0 Å². The van der Waals surface area contributed by atoms with Gasteiger partial charge in [0.25, 0.3) is 0 Å². The SMILES string of the molecule is CON=C1C(S(C)=O)CC23OC4C(CC2(C)C(C)CCC3C1(C)C)C(O)CC1C(=O)NCC14. The van der Waals surface area contributed by atoms with E-state index in [9.17, 15) is 14.1 Å². The summed E-state index contributed by atoms with van der Waals surface area (Å²) in [5, 5.41) is 18.4. The van der Waals surface area contributed by atoms with Gasteiger partial charge in [-0.2, -0.15) is 0 Å². The predicted octanol–water partition coefficient (Wildman–Crippen LogP) is 2.49. The number of rotatable bonds is 2. The van der Waals surface area contributed by atoms with E-state index < -0.39 is 22.5 Å². The van der Waals surface area contributed by atoms with Gasteiger partial charge in [0.15, 0.2) is 0 Å². The number of fused-ring (bicyclic) bond motifs is 3. The lowest BCUT2D eigenvalue weighted by Crippen LogP contribution is -2.74. The average molecular weight is 481 g/mol. The Hall–Kier alpha value is -0.990. The summed E-state index contributed by atoms with van der Waals surface area (Å²) in [6.45, 7) is 9.71. The Morgan fingerprint density at radius 3 is 2.61 bits per heavy atom. The summed E-state index contributed by atoms with van der Waals surface area (Å²) < 4.78 is 20.4. The van der Waals surface area contributed by atoms with Crippen LogP contribution in [0.3, 0.4) is 0 Å². The first-order chi connectivity index (χ1) is 15.5. The molecule has 3 saturated carbocycles. The quantitative estimate of drug-likeness (QED) is 0.592. The van der Waals surface area contributed by atoms with Gasteiger partial charge < -0.3 is 20.0 Å². The van der Waals surface area contributed by atoms with Crippen LogP contribution in [0.15, 0.2) is 5.16 Å². The van der Waals surface area contributed by atoms with Gasteiger partial charge in [-0.15, -0.1) is 0 Å². The molecule has 186 valence electrons. The zero-order chi connectivity index (χ0) is 23.9. The van der Waals surface area contributed by atoms with E-state index in [1.807, 2.05) is 0 Å². The lowest BCUT2D eigenvalue weighted by molar-refractivity contribution is -0.318. The molecule has 7 nitrogen and oxygen atoms in total. The normalized spacial score (nSPS) is 52.7. The summed E-state index contributed by atoms with van der Waals surface area (Å²) in [6, 6.07) is 0. The molecule has 5 fully saturated rings. The number of hydrogen-bond acceptors (Lipinski definition) is 6. The zero-order valence-electron chi connectivity index (χ0n) is 20.8. The Morgan fingerprint density at radius 1 is 1.21 bits per heavy atom. The molecule has 0 radical (unpaired) electrons. The predicted molar refractivity (Wildman–Crippen MR) is 127 cm³/mol. The van der Waals surface area contributed by atoms with E-state index in [4.69, 9.17) is 9.57 Å². The molecule has 1 spiro atoms. The lowest BCUT2D eigenvalue weighted by atomic mass is 9.42. The van der Waals surface area contributed by atoms with Crippen LogP contribution in [0.2, 0.25) is 0 Å². The molecule has 8 heteroatoms. The van der Waals surface area contributed by atoms with Crippen LogP contribution in [-0.2, 0) is 25.2 Å². The van der Waals surface area contributed by atoms with Gasteiger partial charge in [0.05, 0.1) is 28.8 Å². The molecule has 2 aliphatic heterocycles. The highest BCUT2D eigenvalue weighted by Crippen LogP contribution is 2.68. The molecule has 0 aromatic heterocycles. The number of nitrogens with zero attached hydrogens (tertiary/aromatic N) is 1. The fourth-order valence-electron chi connectivity index (χ4n) is 8.70. The zero-order valence-corrected chi connectivity index (χ0v) is 21.6. The fraction of sp³-hybridized carbons (Fsp3) is 0.920. The van der Waals surface area contributed by atoms with Gasteiger partial charge in [-0.1, -0.05) is 32.9 Å². The molecular weight excluding hydrogens is 440 g/mol. The second-order valence-corrected chi connectivity index (χ2v) is 13.7. The first kappa shape index (κ1) is 23.7. The van der Waals surface area contributed by atoms with Crippen molar-refractivity contribution in [3.63, 3.8) is 0 Å². The molecule has 11 unspecified atom stereocenters. The van der Waals surface area contributed by atoms with Crippen LogP contribution < -0.4 is 5.32 Å². The van der Waals surface area contributed by atoms with Gasteiger partial charge >= 0.3 is 0 Å². The molecule has 0 aromatic rings. The molecule has 11 atom stereocenters. The van der Waals surface area contributed by atoms with E-state index in [2.05, 4.69) is 38.2 Å². The molecule has 2 saturated heterocycles. The van der Waals surface area contributed by atoms with E-state index in [1.165, 1.54) is 0 Å². The highest BCUT2D eigenvalue weighted by atomic mass is 32.2. The molecule has 5 aliphatic rings. The maximum Gasteiger partial charge on any atom is 0.223 e. The molecular formula is C25H40N2O5S. The number of aliphatic hydroxyl groups is 1. The van der Waals surface area contributed by atoms with Crippen molar-refractivity contribution in [2.24, 2.45) is 45.6 Å². The average Bonchev–Trinajstić information content (AvgIpc) is 3.10. The maximum absolute atomic E-state index is 13.1. The van der Waals surface area contributed by atoms with E-state index in [0.29, 0.717) is 25.3 Å². The van der Waals surface area contributed by atoms with Gasteiger partial charge in [0.2, 0.25) is 5.91 Å². The van der Waals surface area contributed by atoms with Crippen molar-refractivity contribution in [2.45, 2.75) is 82.9 Å². The summed E-state index contributed by atoms with van der Waals surface area (Å²) in [4.78, 5) is 17.8. The van der Waals surface area contributed by atoms with Crippen molar-refractivity contribution in [3.8, 4) is 0 Å². The topological polar surface area (TPSA) is 97.2 Å². The Morgan fingerprint density at radius 2 is 1.94 bits per heavy atom. The Labute approximate surface area is 199 Å². The number of nitrogens with one attached hydrogen (secondary N) is 1. The van der Waals surface area contributed by atoms with Crippen LogP contribution in [0.1, 0.15) is 59.8 Å². The van der Waals surface area contributed by atoms with Crippen LogP contribution in [0.25, 0.3) is 0 Å². The Balaban J connectivity index is 1.65. The van der Waals surface area contributed by atoms with Crippen molar-refractivity contribution >= 4 is 22.4 Å². The third-order valence-electron chi connectivity index (χ3n) is 10.6. The van der Waals surface area contributed by atoms with Gasteiger partial charge in [-0.05, 0) is 49.4 Å². The van der Waals surface area contributed by atoms with Crippen molar-refractivity contribution in [1.29, 1.82) is 0 Å². The van der Waals surface area contributed by atoms with Crippen molar-refractivity contribution < 1.29 is 23.7 Å². The number of aliphatic hydroxyl groups excluding tert-OH is 1.